The van der Waals surface area contributed by atoms with Crippen molar-refractivity contribution in [2.45, 2.75) is 25.4 Å². The normalized spacial score (nSPS) is 25.0. The molecule has 0 amide bonds. The number of para-hydroxylation sites is 1. The zero-order chi connectivity index (χ0) is 11.6. The molecule has 3 nitrogen and oxygen atoms in total. The van der Waals surface area contributed by atoms with Crippen LogP contribution in [-0.4, -0.2) is 23.4 Å². The van der Waals surface area contributed by atoms with E-state index in [0.717, 1.165) is 19.4 Å². The van der Waals surface area contributed by atoms with E-state index >= 15 is 0 Å². The fourth-order valence-corrected chi connectivity index (χ4v) is 2.31. The average Bonchev–Trinajstić information content (AvgIpc) is 2.30. The summed E-state index contributed by atoms with van der Waals surface area (Å²) in [5.74, 6) is 0.202. The van der Waals surface area contributed by atoms with Crippen LogP contribution in [0.4, 0.5) is 0 Å². The Labute approximate surface area is 95.7 Å². The zero-order valence-corrected chi connectivity index (χ0v) is 9.52. The van der Waals surface area contributed by atoms with Crippen molar-refractivity contribution in [2.24, 2.45) is 5.92 Å². The summed E-state index contributed by atoms with van der Waals surface area (Å²) in [5, 5.41) is 20.3. The molecule has 1 aromatic rings. The first-order valence-corrected chi connectivity index (χ1v) is 5.71. The Bertz CT molecular complexity index is 354. The van der Waals surface area contributed by atoms with Crippen molar-refractivity contribution in [3.05, 3.63) is 29.8 Å². The summed E-state index contributed by atoms with van der Waals surface area (Å²) in [6, 6.07) is 6.96. The smallest absolute Gasteiger partial charge is 0.121 e. The van der Waals surface area contributed by atoms with Crippen molar-refractivity contribution >= 4 is 0 Å². The number of phenolic OH excluding ortho intramolecular Hbond substituents is 1. The summed E-state index contributed by atoms with van der Waals surface area (Å²) in [6.07, 6.45) is 1.90. The Hall–Kier alpha value is -1.06. The number of aliphatic hydroxyl groups is 1. The monoisotopic (exact) mass is 222 g/mol. The largest absolute Gasteiger partial charge is 0.508 e. The van der Waals surface area contributed by atoms with Crippen molar-refractivity contribution in [3.63, 3.8) is 0 Å². The Kier molecular flexibility index (Phi) is 3.17. The van der Waals surface area contributed by atoms with Gasteiger partial charge in [-0.25, -0.2) is 0 Å². The van der Waals surface area contributed by atoms with Gasteiger partial charge in [-0.05, 0) is 25.8 Å². The third-order valence-electron chi connectivity index (χ3n) is 3.40. The van der Waals surface area contributed by atoms with E-state index in [0.29, 0.717) is 12.2 Å². The molecule has 16 heavy (non-hydrogen) atoms. The minimum atomic E-state index is -1.02. The van der Waals surface area contributed by atoms with E-state index in [9.17, 15) is 10.2 Å². The second-order valence-corrected chi connectivity index (χ2v) is 4.58. The molecule has 1 aliphatic rings. The molecule has 1 aromatic carbocycles. The number of benzene rings is 1. The van der Waals surface area contributed by atoms with Gasteiger partial charge in [-0.3, -0.25) is 0 Å². The third kappa shape index (κ3) is 2.06. The van der Waals surface area contributed by atoms with Gasteiger partial charge in [-0.1, -0.05) is 18.2 Å². The summed E-state index contributed by atoms with van der Waals surface area (Å²) >= 11 is 0. The van der Waals surface area contributed by atoms with Crippen LogP contribution in [0.25, 0.3) is 0 Å². The molecule has 1 aliphatic heterocycles. The molecule has 1 fully saturated rings. The average molecular weight is 222 g/mol. The highest BCUT2D eigenvalue weighted by molar-refractivity contribution is 5.36. The van der Waals surface area contributed by atoms with Crippen LogP contribution >= 0.6 is 0 Å². The number of rotatable bonds is 2. The Balaban J connectivity index is 2.26. The maximum absolute atomic E-state index is 10.6. The molecule has 0 bridgehead atoms. The Morgan fingerprint density at radius 3 is 2.75 bits per heavy atom. The molecule has 1 saturated heterocycles. The summed E-state index contributed by atoms with van der Waals surface area (Å²) in [6.45, 7) is 3.08. The van der Waals surface area contributed by atoms with E-state index in [4.69, 9.17) is 4.74 Å². The van der Waals surface area contributed by atoms with E-state index in [2.05, 4.69) is 0 Å². The predicted octanol–water partition coefficient (Wildman–Crippen LogP) is 2.03. The number of hydrogen-bond donors (Lipinski definition) is 2. The lowest BCUT2D eigenvalue weighted by Gasteiger charge is -2.36. The predicted molar refractivity (Wildman–Crippen MR) is 61.2 cm³/mol. The molecule has 3 heteroatoms. The lowest BCUT2D eigenvalue weighted by Crippen LogP contribution is -2.37. The van der Waals surface area contributed by atoms with E-state index in [1.54, 1.807) is 25.1 Å². The molecule has 2 N–H and O–H groups in total. The second kappa shape index (κ2) is 4.44. The molecule has 1 heterocycles. The second-order valence-electron chi connectivity index (χ2n) is 4.58. The first-order valence-electron chi connectivity index (χ1n) is 5.71. The zero-order valence-electron chi connectivity index (χ0n) is 9.52. The van der Waals surface area contributed by atoms with Crippen LogP contribution in [-0.2, 0) is 10.3 Å². The fourth-order valence-electron chi connectivity index (χ4n) is 2.31. The molecule has 2 atom stereocenters. The maximum atomic E-state index is 10.6. The quantitative estimate of drug-likeness (QED) is 0.805. The van der Waals surface area contributed by atoms with Crippen LogP contribution < -0.4 is 0 Å². The first kappa shape index (κ1) is 11.4. The van der Waals surface area contributed by atoms with Gasteiger partial charge in [0.05, 0.1) is 12.2 Å². The highest BCUT2D eigenvalue weighted by Crippen LogP contribution is 2.38. The maximum Gasteiger partial charge on any atom is 0.121 e. The van der Waals surface area contributed by atoms with Crippen LogP contribution in [0, 0.1) is 5.92 Å². The summed E-state index contributed by atoms with van der Waals surface area (Å²) in [7, 11) is 0. The summed E-state index contributed by atoms with van der Waals surface area (Å²) in [4.78, 5) is 0. The molecule has 0 spiro atoms. The molecule has 88 valence electrons. The molecule has 2 unspecified atom stereocenters. The number of hydrogen-bond acceptors (Lipinski definition) is 3. The van der Waals surface area contributed by atoms with Crippen LogP contribution in [0.15, 0.2) is 24.3 Å². The van der Waals surface area contributed by atoms with Gasteiger partial charge in [0.25, 0.3) is 0 Å². The number of phenols is 1. The highest BCUT2D eigenvalue weighted by Gasteiger charge is 2.36. The molecule has 0 aliphatic carbocycles. The van der Waals surface area contributed by atoms with Gasteiger partial charge < -0.3 is 14.9 Å². The van der Waals surface area contributed by atoms with Crippen LogP contribution in [0.1, 0.15) is 25.3 Å². The minimum Gasteiger partial charge on any atom is -0.508 e. The Morgan fingerprint density at radius 2 is 2.12 bits per heavy atom. The van der Waals surface area contributed by atoms with Gasteiger partial charge in [-0.2, -0.15) is 0 Å². The first-order chi connectivity index (χ1) is 7.62. The van der Waals surface area contributed by atoms with Gasteiger partial charge in [0.1, 0.15) is 5.75 Å². The van der Waals surface area contributed by atoms with Crippen LogP contribution in [0.2, 0.25) is 0 Å². The number of aromatic hydroxyl groups is 1. The number of ether oxygens (including phenoxy) is 1. The van der Waals surface area contributed by atoms with Gasteiger partial charge in [0.2, 0.25) is 0 Å². The van der Waals surface area contributed by atoms with E-state index in [1.165, 1.54) is 0 Å². The molecule has 0 radical (unpaired) electrons. The lowest BCUT2D eigenvalue weighted by atomic mass is 9.79. The Morgan fingerprint density at radius 1 is 1.38 bits per heavy atom. The molecule has 0 aromatic heterocycles. The topological polar surface area (TPSA) is 49.7 Å². The summed E-state index contributed by atoms with van der Waals surface area (Å²) < 4.78 is 5.39. The van der Waals surface area contributed by atoms with Crippen molar-refractivity contribution in [2.75, 3.05) is 13.2 Å². The van der Waals surface area contributed by atoms with Gasteiger partial charge >= 0.3 is 0 Å². The third-order valence-corrected chi connectivity index (χ3v) is 3.40. The van der Waals surface area contributed by atoms with E-state index < -0.39 is 5.60 Å². The van der Waals surface area contributed by atoms with Crippen LogP contribution in [0.3, 0.4) is 0 Å². The lowest BCUT2D eigenvalue weighted by molar-refractivity contribution is -0.0733. The van der Waals surface area contributed by atoms with Gasteiger partial charge in [-0.15, -0.1) is 0 Å². The molecular weight excluding hydrogens is 204 g/mol. The fraction of sp³-hybridized carbons (Fsp3) is 0.538. The molecule has 0 saturated carbocycles. The minimum absolute atomic E-state index is 0.0505. The summed E-state index contributed by atoms with van der Waals surface area (Å²) in [5.41, 5.74) is -0.434. The molecular formula is C13H18O3. The van der Waals surface area contributed by atoms with E-state index in [-0.39, 0.29) is 11.7 Å². The SMILES string of the molecule is CC(O)(c1ccccc1O)C1CCCOC1. The molecule has 2 rings (SSSR count). The van der Waals surface area contributed by atoms with Crippen molar-refractivity contribution in [1.82, 2.24) is 0 Å². The van der Waals surface area contributed by atoms with Crippen LogP contribution in [0.5, 0.6) is 5.75 Å². The highest BCUT2D eigenvalue weighted by atomic mass is 16.5. The van der Waals surface area contributed by atoms with E-state index in [1.807, 2.05) is 6.07 Å². The van der Waals surface area contributed by atoms with Crippen molar-refractivity contribution in [3.8, 4) is 5.75 Å². The van der Waals surface area contributed by atoms with Gasteiger partial charge in [0.15, 0.2) is 0 Å². The standard InChI is InChI=1S/C13H18O3/c1-13(15,10-5-4-8-16-9-10)11-6-2-3-7-12(11)14/h2-3,6-7,10,14-15H,4-5,8-9H2,1H3. The van der Waals surface area contributed by atoms with Gasteiger partial charge in [0, 0.05) is 18.1 Å². The van der Waals surface area contributed by atoms with Crippen molar-refractivity contribution in [1.29, 1.82) is 0 Å². The van der Waals surface area contributed by atoms with Crippen molar-refractivity contribution < 1.29 is 14.9 Å².